The van der Waals surface area contributed by atoms with Gasteiger partial charge in [-0.1, -0.05) is 24.3 Å². The van der Waals surface area contributed by atoms with Crippen LogP contribution in [0.25, 0.3) is 17.0 Å². The Hall–Kier alpha value is -4.77. The zero-order valence-electron chi connectivity index (χ0n) is 21.2. The number of nitrogens with zero attached hydrogens (tertiary/aromatic N) is 2. The monoisotopic (exact) mass is 544 g/mol. The van der Waals surface area contributed by atoms with Crippen molar-refractivity contribution in [2.24, 2.45) is 12.8 Å². The van der Waals surface area contributed by atoms with Crippen LogP contribution < -0.4 is 20.7 Å². The highest BCUT2D eigenvalue weighted by Gasteiger charge is 2.26. The molecule has 0 saturated heterocycles. The number of sulfonamides is 1. The van der Waals surface area contributed by atoms with Crippen LogP contribution in [0.15, 0.2) is 77.7 Å². The number of amidine groups is 1. The number of fused-ring (bicyclic) bond motifs is 2. The maximum atomic E-state index is 13.5. The molecule has 1 aromatic heterocycles. The highest BCUT2D eigenvalue weighted by Crippen LogP contribution is 2.34. The lowest BCUT2D eigenvalue weighted by molar-refractivity contribution is -0.135. The molecule has 0 amide bonds. The molecular formula is C28H28N6O4S. The molecule has 0 saturated carbocycles. The number of hydrogen-bond donors (Lipinski definition) is 5. The van der Waals surface area contributed by atoms with Crippen LogP contribution in [0, 0.1) is 5.41 Å². The van der Waals surface area contributed by atoms with E-state index < -0.39 is 16.0 Å². The molecule has 200 valence electrons. The van der Waals surface area contributed by atoms with Crippen LogP contribution in [0.5, 0.6) is 0 Å². The van der Waals surface area contributed by atoms with Gasteiger partial charge in [0.05, 0.1) is 12.2 Å². The lowest BCUT2D eigenvalue weighted by atomic mass is 10.1. The number of carboxylic acids is 1. The molecule has 1 aliphatic rings. The topological polar surface area (TPSA) is 154 Å². The standard InChI is InChI=1S/C28H28N6O4S/c1-33-23(16-31-21-9-7-19(8-10-21)28(29)30)15-20-14-22(11-12-24(20)33)32-39(37,38)25-6-2-4-18-5-3-13-34(27(18)25)17-26(35)36/h2-12,14-15,31-32H,13,16-17H2,1H3,(H3,29,30)(H,35,36). The van der Waals surface area contributed by atoms with Gasteiger partial charge in [0.25, 0.3) is 10.0 Å². The maximum absolute atomic E-state index is 13.5. The van der Waals surface area contributed by atoms with E-state index in [-0.39, 0.29) is 17.3 Å². The van der Waals surface area contributed by atoms with Crippen molar-refractivity contribution in [3.63, 3.8) is 0 Å². The molecule has 1 aliphatic heterocycles. The van der Waals surface area contributed by atoms with E-state index in [1.54, 1.807) is 47.4 Å². The van der Waals surface area contributed by atoms with Crippen molar-refractivity contribution in [3.05, 3.63) is 89.6 Å². The molecule has 11 heteroatoms. The second-order valence-electron chi connectivity index (χ2n) is 9.29. The second kappa shape index (κ2) is 10.2. The van der Waals surface area contributed by atoms with Gasteiger partial charge in [0, 0.05) is 47.1 Å². The molecule has 39 heavy (non-hydrogen) atoms. The molecule has 2 heterocycles. The van der Waals surface area contributed by atoms with Crippen LogP contribution in [0.4, 0.5) is 17.1 Å². The largest absolute Gasteiger partial charge is 0.480 e. The molecule has 0 atom stereocenters. The van der Waals surface area contributed by atoms with E-state index in [0.717, 1.165) is 22.3 Å². The van der Waals surface area contributed by atoms with Gasteiger partial charge in [-0.05, 0) is 60.2 Å². The number of aliphatic carboxylic acids is 1. The van der Waals surface area contributed by atoms with Crippen LogP contribution in [0.3, 0.4) is 0 Å². The number of aromatic nitrogens is 1. The summed E-state index contributed by atoms with van der Waals surface area (Å²) in [5.74, 6) is -1.02. The average molecular weight is 545 g/mol. The summed E-state index contributed by atoms with van der Waals surface area (Å²) in [6.45, 7) is 0.533. The molecule has 3 aromatic carbocycles. The summed E-state index contributed by atoms with van der Waals surface area (Å²) in [7, 11) is -2.07. The van der Waals surface area contributed by atoms with Crippen molar-refractivity contribution < 1.29 is 18.3 Å². The zero-order valence-corrected chi connectivity index (χ0v) is 22.0. The summed E-state index contributed by atoms with van der Waals surface area (Å²) >= 11 is 0. The van der Waals surface area contributed by atoms with Crippen molar-refractivity contribution in [2.75, 3.05) is 28.0 Å². The Morgan fingerprint density at radius 1 is 1.08 bits per heavy atom. The van der Waals surface area contributed by atoms with Crippen LogP contribution in [0.1, 0.15) is 16.8 Å². The molecular weight excluding hydrogens is 516 g/mol. The van der Waals surface area contributed by atoms with Crippen molar-refractivity contribution >= 4 is 55.9 Å². The van der Waals surface area contributed by atoms with E-state index in [1.807, 2.05) is 42.0 Å². The molecule has 6 N–H and O–H groups in total. The fourth-order valence-corrected chi connectivity index (χ4v) is 6.05. The van der Waals surface area contributed by atoms with E-state index >= 15 is 0 Å². The van der Waals surface area contributed by atoms with Crippen LogP contribution in [-0.2, 0) is 28.4 Å². The first-order chi connectivity index (χ1) is 18.6. The summed E-state index contributed by atoms with van der Waals surface area (Å²) < 4.78 is 31.7. The summed E-state index contributed by atoms with van der Waals surface area (Å²) in [6, 6.07) is 19.5. The molecule has 0 radical (unpaired) electrons. The van der Waals surface area contributed by atoms with E-state index in [2.05, 4.69) is 10.0 Å². The number of carboxylic acid groups (broad SMARTS) is 1. The van der Waals surface area contributed by atoms with Gasteiger partial charge in [0.15, 0.2) is 0 Å². The number of rotatable bonds is 9. The first kappa shape index (κ1) is 25.9. The molecule has 0 spiro atoms. The fraction of sp³-hybridized carbons (Fsp3) is 0.143. The average Bonchev–Trinajstić information content (AvgIpc) is 3.21. The Bertz CT molecular complexity index is 1730. The molecule has 0 bridgehead atoms. The number of anilines is 3. The number of benzene rings is 3. The number of nitrogens with one attached hydrogen (secondary N) is 3. The van der Waals surface area contributed by atoms with Gasteiger partial charge < -0.3 is 25.6 Å². The summed E-state index contributed by atoms with van der Waals surface area (Å²) in [4.78, 5) is 13.0. The molecule has 10 nitrogen and oxygen atoms in total. The third-order valence-electron chi connectivity index (χ3n) is 6.65. The Morgan fingerprint density at radius 2 is 1.82 bits per heavy atom. The molecule has 0 unspecified atom stereocenters. The van der Waals surface area contributed by atoms with Crippen LogP contribution in [-0.4, -0.2) is 43.0 Å². The molecule has 4 aromatic rings. The Balaban J connectivity index is 1.39. The molecule has 5 rings (SSSR count). The Morgan fingerprint density at radius 3 is 2.54 bits per heavy atom. The minimum Gasteiger partial charge on any atom is -0.480 e. The van der Waals surface area contributed by atoms with Crippen molar-refractivity contribution in [1.29, 1.82) is 5.41 Å². The van der Waals surface area contributed by atoms with E-state index in [9.17, 15) is 18.3 Å². The van der Waals surface area contributed by atoms with Gasteiger partial charge in [-0.15, -0.1) is 0 Å². The number of aryl methyl sites for hydroxylation is 1. The maximum Gasteiger partial charge on any atom is 0.323 e. The predicted octanol–water partition coefficient (Wildman–Crippen LogP) is 3.79. The van der Waals surface area contributed by atoms with E-state index in [4.69, 9.17) is 11.1 Å². The number of nitrogen functional groups attached to an aromatic ring is 1. The van der Waals surface area contributed by atoms with Crippen molar-refractivity contribution in [2.45, 2.75) is 11.4 Å². The SMILES string of the molecule is Cn1c(CNc2ccc(C(=N)N)cc2)cc2cc(NS(=O)(=O)c3cccc4c3N(CC(=O)O)CC=C4)ccc21. The first-order valence-corrected chi connectivity index (χ1v) is 13.7. The van der Waals surface area contributed by atoms with Gasteiger partial charge >= 0.3 is 5.97 Å². The van der Waals surface area contributed by atoms with Gasteiger partial charge in [-0.3, -0.25) is 14.9 Å². The Labute approximate surface area is 225 Å². The predicted molar refractivity (Wildman–Crippen MR) is 154 cm³/mol. The van der Waals surface area contributed by atoms with Crippen molar-refractivity contribution in [3.8, 4) is 0 Å². The summed E-state index contributed by atoms with van der Waals surface area (Å²) in [6.07, 6.45) is 3.61. The smallest absolute Gasteiger partial charge is 0.323 e. The van der Waals surface area contributed by atoms with Gasteiger partial charge in [-0.2, -0.15) is 0 Å². The second-order valence-corrected chi connectivity index (χ2v) is 10.9. The van der Waals surface area contributed by atoms with Crippen LogP contribution >= 0.6 is 0 Å². The Kier molecular flexibility index (Phi) is 6.75. The zero-order chi connectivity index (χ0) is 27.7. The number of hydrogen-bond acceptors (Lipinski definition) is 6. The number of nitrogens with two attached hydrogens (primary N) is 1. The fourth-order valence-electron chi connectivity index (χ4n) is 4.74. The van der Waals surface area contributed by atoms with Gasteiger partial charge in [0.2, 0.25) is 0 Å². The summed E-state index contributed by atoms with van der Waals surface area (Å²) in [5.41, 5.74) is 10.4. The van der Waals surface area contributed by atoms with Crippen LogP contribution in [0.2, 0.25) is 0 Å². The van der Waals surface area contributed by atoms with E-state index in [1.165, 1.54) is 6.07 Å². The third kappa shape index (κ3) is 5.30. The number of carbonyl (C=O) groups is 1. The molecule has 0 aliphatic carbocycles. The number of para-hydroxylation sites is 1. The highest BCUT2D eigenvalue weighted by molar-refractivity contribution is 7.92. The normalized spacial score (nSPS) is 12.8. The quantitative estimate of drug-likeness (QED) is 0.159. The van der Waals surface area contributed by atoms with Gasteiger partial charge in [-0.25, -0.2) is 8.42 Å². The highest BCUT2D eigenvalue weighted by atomic mass is 32.2. The minimum atomic E-state index is -4.01. The lowest BCUT2D eigenvalue weighted by Crippen LogP contribution is -2.33. The minimum absolute atomic E-state index is 0.0169. The van der Waals surface area contributed by atoms with Crippen molar-refractivity contribution in [1.82, 2.24) is 4.57 Å². The lowest BCUT2D eigenvalue weighted by Gasteiger charge is -2.28. The van der Waals surface area contributed by atoms with E-state index in [0.29, 0.717) is 35.6 Å². The summed E-state index contributed by atoms with van der Waals surface area (Å²) in [5, 5.41) is 21.1. The molecule has 0 fully saturated rings. The first-order valence-electron chi connectivity index (χ1n) is 12.2. The van der Waals surface area contributed by atoms with Gasteiger partial charge in [0.1, 0.15) is 17.3 Å². The third-order valence-corrected chi connectivity index (χ3v) is 8.06.